The Kier molecular flexibility index (Phi) is 9.84. The third-order valence-electron chi connectivity index (χ3n) is 1.69. The maximum Gasteiger partial charge on any atom is 0.333 e. The highest BCUT2D eigenvalue weighted by Crippen LogP contribution is 1.99. The predicted molar refractivity (Wildman–Crippen MR) is 68.9 cm³/mol. The van der Waals surface area contributed by atoms with E-state index in [9.17, 15) is 14.4 Å². The molecule has 3 amide bonds. The number of thioether (sulfide) groups is 1. The first-order valence-electron chi connectivity index (χ1n) is 5.66. The Morgan fingerprint density at radius 2 is 1.89 bits per heavy atom. The molecule has 0 unspecified atom stereocenters. The summed E-state index contributed by atoms with van der Waals surface area (Å²) in [6, 6.07) is -0.653. The van der Waals surface area contributed by atoms with Crippen molar-refractivity contribution in [2.75, 3.05) is 24.7 Å². The van der Waals surface area contributed by atoms with E-state index in [1.807, 2.05) is 6.92 Å². The smallest absolute Gasteiger partial charge is 0.333 e. The van der Waals surface area contributed by atoms with E-state index in [0.29, 0.717) is 12.2 Å². The number of amides is 3. The number of hydrogen-bond donors (Lipinski definition) is 3. The van der Waals surface area contributed by atoms with E-state index < -0.39 is 12.0 Å². The van der Waals surface area contributed by atoms with Crippen molar-refractivity contribution in [3.8, 4) is 0 Å². The summed E-state index contributed by atoms with van der Waals surface area (Å²) < 4.78 is 4.61. The second-order valence-corrected chi connectivity index (χ2v) is 4.50. The van der Waals surface area contributed by atoms with E-state index in [-0.39, 0.29) is 19.1 Å². The van der Waals surface area contributed by atoms with Gasteiger partial charge in [0.15, 0.2) is 0 Å². The number of carbonyl (C=O) groups excluding carboxylic acids is 3. The molecule has 0 heterocycles. The van der Waals surface area contributed by atoms with Crippen LogP contribution in [-0.2, 0) is 14.3 Å². The molecule has 0 saturated carbocycles. The quantitative estimate of drug-likeness (QED) is 0.346. The van der Waals surface area contributed by atoms with Crippen molar-refractivity contribution in [2.24, 2.45) is 0 Å². The molecule has 0 aromatic rings. The minimum absolute atomic E-state index is 0.235. The van der Waals surface area contributed by atoms with Gasteiger partial charge in [-0.05, 0) is 12.7 Å². The fourth-order valence-corrected chi connectivity index (χ4v) is 1.53. The third kappa shape index (κ3) is 9.76. The molecule has 0 atom stereocenters. The number of nitrogens with one attached hydrogen (secondary N) is 3. The van der Waals surface area contributed by atoms with Gasteiger partial charge in [0.05, 0.1) is 6.61 Å². The lowest BCUT2D eigenvalue weighted by atomic mass is 10.5. The van der Waals surface area contributed by atoms with Crippen LogP contribution in [0.5, 0.6) is 0 Å². The number of ether oxygens (including phenoxy) is 1. The lowest BCUT2D eigenvalue weighted by Crippen LogP contribution is -2.48. The van der Waals surface area contributed by atoms with Gasteiger partial charge in [0, 0.05) is 12.2 Å². The largest absolute Gasteiger partial charge is 0.465 e. The zero-order valence-corrected chi connectivity index (χ0v) is 11.4. The van der Waals surface area contributed by atoms with Crippen LogP contribution in [0.4, 0.5) is 4.79 Å². The molecule has 104 valence electrons. The monoisotopic (exact) mass is 277 g/mol. The Balaban J connectivity index is 3.57. The average Bonchev–Trinajstić information content (AvgIpc) is 2.34. The molecular formula is C10H19N3O4S. The normalized spacial score (nSPS) is 9.44. The van der Waals surface area contributed by atoms with Gasteiger partial charge in [0.25, 0.3) is 0 Å². The van der Waals surface area contributed by atoms with Gasteiger partial charge in [-0.3, -0.25) is 15.0 Å². The molecule has 0 saturated heterocycles. The molecule has 0 aromatic heterocycles. The van der Waals surface area contributed by atoms with Gasteiger partial charge in [-0.15, -0.1) is 0 Å². The van der Waals surface area contributed by atoms with Crippen LogP contribution in [0, 0.1) is 0 Å². The maximum absolute atomic E-state index is 11.2. The molecule has 7 nitrogen and oxygen atoms in total. The van der Waals surface area contributed by atoms with Gasteiger partial charge in [-0.1, -0.05) is 6.92 Å². The first kappa shape index (κ1) is 16.6. The summed E-state index contributed by atoms with van der Waals surface area (Å²) in [6.45, 7) is 3.70. The summed E-state index contributed by atoms with van der Waals surface area (Å²) in [7, 11) is 0. The van der Waals surface area contributed by atoms with E-state index >= 15 is 0 Å². The van der Waals surface area contributed by atoms with E-state index in [1.165, 1.54) is 0 Å². The second-order valence-electron chi connectivity index (χ2n) is 3.11. The van der Waals surface area contributed by atoms with Crippen LogP contribution in [0.2, 0.25) is 0 Å². The topological polar surface area (TPSA) is 96.5 Å². The Morgan fingerprint density at radius 1 is 1.17 bits per heavy atom. The SMILES string of the molecule is CCOC(=O)CNC(=O)NNC(=O)CCSCC. The van der Waals surface area contributed by atoms with Gasteiger partial charge < -0.3 is 10.1 Å². The second kappa shape index (κ2) is 10.7. The molecule has 0 radical (unpaired) electrons. The molecule has 0 spiro atoms. The Morgan fingerprint density at radius 3 is 2.50 bits per heavy atom. The molecular weight excluding hydrogens is 258 g/mol. The molecule has 0 bridgehead atoms. The van der Waals surface area contributed by atoms with E-state index in [2.05, 4.69) is 20.9 Å². The Bertz CT molecular complexity index is 286. The number of hydrazine groups is 1. The van der Waals surface area contributed by atoms with Crippen LogP contribution in [-0.4, -0.2) is 42.6 Å². The third-order valence-corrected chi connectivity index (χ3v) is 2.59. The minimum atomic E-state index is -0.653. The molecule has 0 rings (SSSR count). The Hall–Kier alpha value is -1.44. The van der Waals surface area contributed by atoms with Crippen molar-refractivity contribution in [1.29, 1.82) is 0 Å². The average molecular weight is 277 g/mol. The molecule has 18 heavy (non-hydrogen) atoms. The minimum Gasteiger partial charge on any atom is -0.465 e. The van der Waals surface area contributed by atoms with Gasteiger partial charge in [0.2, 0.25) is 5.91 Å². The number of hydrogen-bond acceptors (Lipinski definition) is 5. The highest BCUT2D eigenvalue weighted by atomic mass is 32.2. The van der Waals surface area contributed by atoms with Crippen molar-refractivity contribution in [3.05, 3.63) is 0 Å². The summed E-state index contributed by atoms with van der Waals surface area (Å²) in [5, 5.41) is 2.25. The molecule has 0 aliphatic heterocycles. The van der Waals surface area contributed by atoms with Gasteiger partial charge in [-0.25, -0.2) is 10.2 Å². The molecule has 3 N–H and O–H groups in total. The number of esters is 1. The summed E-state index contributed by atoms with van der Waals surface area (Å²) in [4.78, 5) is 33.2. The van der Waals surface area contributed by atoms with Crippen molar-refractivity contribution in [3.63, 3.8) is 0 Å². The predicted octanol–water partition coefficient (Wildman–Crippen LogP) is 0.0231. The fraction of sp³-hybridized carbons (Fsp3) is 0.700. The zero-order valence-electron chi connectivity index (χ0n) is 10.6. The van der Waals surface area contributed by atoms with Crippen LogP contribution in [0.3, 0.4) is 0 Å². The molecule has 0 fully saturated rings. The molecule has 0 aliphatic rings. The number of rotatable bonds is 7. The van der Waals surface area contributed by atoms with E-state index in [0.717, 1.165) is 5.75 Å². The first-order valence-corrected chi connectivity index (χ1v) is 6.81. The Labute approximate surface area is 110 Å². The lowest BCUT2D eigenvalue weighted by Gasteiger charge is -2.08. The maximum atomic E-state index is 11.2. The van der Waals surface area contributed by atoms with Crippen LogP contribution in [0.15, 0.2) is 0 Å². The van der Waals surface area contributed by atoms with Gasteiger partial charge in [-0.2, -0.15) is 11.8 Å². The van der Waals surface area contributed by atoms with Crippen molar-refractivity contribution in [2.45, 2.75) is 20.3 Å². The van der Waals surface area contributed by atoms with Crippen LogP contribution in [0.25, 0.3) is 0 Å². The lowest BCUT2D eigenvalue weighted by molar-refractivity contribution is -0.141. The summed E-state index contributed by atoms with van der Waals surface area (Å²) >= 11 is 1.64. The highest BCUT2D eigenvalue weighted by molar-refractivity contribution is 7.99. The molecule has 8 heteroatoms. The zero-order chi connectivity index (χ0) is 13.8. The van der Waals surface area contributed by atoms with Gasteiger partial charge >= 0.3 is 12.0 Å². The van der Waals surface area contributed by atoms with E-state index in [1.54, 1.807) is 18.7 Å². The summed E-state index contributed by atoms with van der Waals surface area (Å²) in [6.07, 6.45) is 0.330. The number of urea groups is 1. The van der Waals surface area contributed by atoms with Crippen molar-refractivity contribution in [1.82, 2.24) is 16.2 Å². The first-order chi connectivity index (χ1) is 8.60. The number of carbonyl (C=O) groups is 3. The van der Waals surface area contributed by atoms with E-state index in [4.69, 9.17) is 0 Å². The molecule has 0 aromatic carbocycles. The standard InChI is InChI=1S/C10H19N3O4S/c1-3-17-9(15)7-11-10(16)13-12-8(14)5-6-18-4-2/h3-7H2,1-2H3,(H,12,14)(H2,11,13,16). The van der Waals surface area contributed by atoms with Gasteiger partial charge in [0.1, 0.15) is 6.54 Å². The highest BCUT2D eigenvalue weighted by Gasteiger charge is 2.06. The van der Waals surface area contributed by atoms with Crippen LogP contribution >= 0.6 is 11.8 Å². The van der Waals surface area contributed by atoms with Crippen LogP contribution < -0.4 is 16.2 Å². The summed E-state index contributed by atoms with van der Waals surface area (Å²) in [5.74, 6) is 0.843. The summed E-state index contributed by atoms with van der Waals surface area (Å²) in [5.41, 5.74) is 4.37. The van der Waals surface area contributed by atoms with Crippen LogP contribution in [0.1, 0.15) is 20.3 Å². The van der Waals surface area contributed by atoms with Crippen molar-refractivity contribution < 1.29 is 19.1 Å². The van der Waals surface area contributed by atoms with Crippen molar-refractivity contribution >= 4 is 29.7 Å². The fourth-order valence-electron chi connectivity index (χ4n) is 0.907. The molecule has 0 aliphatic carbocycles.